The van der Waals surface area contributed by atoms with Crippen LogP contribution in [0.5, 0.6) is 5.75 Å². The summed E-state index contributed by atoms with van der Waals surface area (Å²) in [4.78, 5) is 29.5. The van der Waals surface area contributed by atoms with Gasteiger partial charge in [-0.1, -0.05) is 11.6 Å². The number of fused-ring (bicyclic) bond motifs is 2. The van der Waals surface area contributed by atoms with Crippen molar-refractivity contribution < 1.29 is 27.5 Å². The Hall–Kier alpha value is -2.00. The van der Waals surface area contributed by atoms with Crippen LogP contribution in [0.25, 0.3) is 0 Å². The van der Waals surface area contributed by atoms with Crippen molar-refractivity contribution in [3.63, 3.8) is 0 Å². The third kappa shape index (κ3) is 4.71. The van der Waals surface area contributed by atoms with E-state index >= 15 is 0 Å². The lowest BCUT2D eigenvalue weighted by atomic mass is 9.45. The lowest BCUT2D eigenvalue weighted by Crippen LogP contribution is -2.55. The van der Waals surface area contributed by atoms with E-state index in [0.717, 1.165) is 23.8 Å². The number of carbonyl (C=O) groups excluding carboxylic acids is 2. The molecular weight excluding hydrogens is 507 g/mol. The van der Waals surface area contributed by atoms with E-state index in [0.29, 0.717) is 50.1 Å². The first-order valence-corrected chi connectivity index (χ1v) is 13.7. The summed E-state index contributed by atoms with van der Waals surface area (Å²) < 4.78 is 41.7. The van der Waals surface area contributed by atoms with Crippen molar-refractivity contribution in [2.75, 3.05) is 32.7 Å². The third-order valence-corrected chi connectivity index (χ3v) is 10.2. The normalized spacial score (nSPS) is 34.3. The Morgan fingerprint density at radius 2 is 1.78 bits per heavy atom. The Morgan fingerprint density at radius 1 is 1.03 bits per heavy atom. The molecule has 1 aromatic rings. The molecule has 1 heterocycles. The van der Waals surface area contributed by atoms with E-state index in [9.17, 15) is 22.8 Å². The zero-order valence-electron chi connectivity index (χ0n) is 20.8. The van der Waals surface area contributed by atoms with Crippen molar-refractivity contribution in [1.82, 2.24) is 15.1 Å². The summed E-state index contributed by atoms with van der Waals surface area (Å²) in [5.41, 5.74) is 1.21. The Kier molecular flexibility index (Phi) is 6.18. The standard InChI is InChI=1S/C27H33ClF3N3O3/c28-21-7-18(8-22(9-21)37-27(29,30)31)16-33-1-3-34(4-2-33)24(36)15-32-23(35)14-25-10-19-5-17-6-20(13-25)26(25,11-17)12-19/h7-9,17,19-20H,1-6,10-16H2,(H,32,35). The quantitative estimate of drug-likeness (QED) is 0.550. The number of benzene rings is 1. The number of carbonyl (C=O) groups is 2. The molecule has 6 rings (SSSR count). The number of hydrogen-bond acceptors (Lipinski definition) is 4. The highest BCUT2D eigenvalue weighted by molar-refractivity contribution is 6.30. The molecule has 4 aliphatic carbocycles. The molecule has 2 amide bonds. The largest absolute Gasteiger partial charge is 0.573 e. The predicted octanol–water partition coefficient (Wildman–Crippen LogP) is 4.61. The summed E-state index contributed by atoms with van der Waals surface area (Å²) in [7, 11) is 0. The SMILES string of the molecule is O=C(CC12CC3CC4CC(C1)C2(C4)C3)NCC(=O)N1CCN(Cc2cc(Cl)cc(OC(F)(F)F)c2)CC1. The summed E-state index contributed by atoms with van der Waals surface area (Å²) in [5.74, 6) is 2.08. The van der Waals surface area contributed by atoms with Crippen LogP contribution in [-0.4, -0.2) is 60.7 Å². The minimum absolute atomic E-state index is 0.00801. The number of ether oxygens (including phenoxy) is 1. The zero-order valence-corrected chi connectivity index (χ0v) is 21.5. The average Bonchev–Trinajstić information content (AvgIpc) is 3.11. The number of hydrogen-bond donors (Lipinski definition) is 1. The molecule has 5 aliphatic rings. The number of piperazine rings is 1. The van der Waals surface area contributed by atoms with E-state index in [4.69, 9.17) is 11.6 Å². The number of rotatable bonds is 7. The second-order valence-corrected chi connectivity index (χ2v) is 12.5. The Bertz CT molecular complexity index is 1090. The van der Waals surface area contributed by atoms with Gasteiger partial charge in [-0.15, -0.1) is 13.2 Å². The van der Waals surface area contributed by atoms with Crippen LogP contribution in [0.15, 0.2) is 18.2 Å². The molecule has 0 aromatic heterocycles. The van der Waals surface area contributed by atoms with Crippen LogP contribution >= 0.6 is 11.6 Å². The Labute approximate surface area is 219 Å². The molecule has 0 radical (unpaired) electrons. The van der Waals surface area contributed by atoms with Crippen LogP contribution in [0.3, 0.4) is 0 Å². The number of nitrogens with one attached hydrogen (secondary N) is 1. The summed E-state index contributed by atoms with van der Waals surface area (Å²) in [6.07, 6.45) is 3.52. The van der Waals surface area contributed by atoms with Gasteiger partial charge < -0.3 is 15.0 Å². The molecule has 10 heteroatoms. The van der Waals surface area contributed by atoms with Gasteiger partial charge >= 0.3 is 6.36 Å². The Morgan fingerprint density at radius 3 is 2.54 bits per heavy atom. The van der Waals surface area contributed by atoms with Gasteiger partial charge in [0.15, 0.2) is 0 Å². The molecule has 6 nitrogen and oxygen atoms in total. The topological polar surface area (TPSA) is 61.9 Å². The van der Waals surface area contributed by atoms with Gasteiger partial charge in [0.05, 0.1) is 6.54 Å². The minimum atomic E-state index is -4.78. The molecule has 1 N–H and O–H groups in total. The van der Waals surface area contributed by atoms with Gasteiger partial charge in [0.2, 0.25) is 11.8 Å². The van der Waals surface area contributed by atoms with Gasteiger partial charge in [0.1, 0.15) is 5.75 Å². The van der Waals surface area contributed by atoms with E-state index < -0.39 is 6.36 Å². The Balaban J connectivity index is 0.959. The van der Waals surface area contributed by atoms with Crippen LogP contribution in [0.4, 0.5) is 13.2 Å². The van der Waals surface area contributed by atoms with Gasteiger partial charge in [0.25, 0.3) is 0 Å². The van der Waals surface area contributed by atoms with Crippen molar-refractivity contribution >= 4 is 23.4 Å². The second kappa shape index (κ2) is 9.04. The molecule has 5 atom stereocenters. The van der Waals surface area contributed by atoms with Gasteiger partial charge in [0, 0.05) is 44.2 Å². The number of alkyl halides is 3. The van der Waals surface area contributed by atoms with E-state index in [1.807, 2.05) is 0 Å². The summed E-state index contributed by atoms with van der Waals surface area (Å²) >= 11 is 5.98. The molecule has 1 aromatic carbocycles. The van der Waals surface area contributed by atoms with E-state index in [-0.39, 0.29) is 34.5 Å². The molecule has 1 saturated heterocycles. The molecular formula is C27H33ClF3N3O3. The monoisotopic (exact) mass is 539 g/mol. The first-order chi connectivity index (χ1) is 17.5. The molecule has 1 aliphatic heterocycles. The van der Waals surface area contributed by atoms with Crippen LogP contribution in [0.1, 0.15) is 50.5 Å². The second-order valence-electron chi connectivity index (χ2n) is 12.1. The highest BCUT2D eigenvalue weighted by atomic mass is 35.5. The molecule has 4 saturated carbocycles. The number of amides is 2. The number of nitrogens with zero attached hydrogens (tertiary/aromatic N) is 2. The van der Waals surface area contributed by atoms with Crippen LogP contribution < -0.4 is 10.1 Å². The maximum Gasteiger partial charge on any atom is 0.573 e. The van der Waals surface area contributed by atoms with Crippen molar-refractivity contribution in [2.24, 2.45) is 28.6 Å². The van der Waals surface area contributed by atoms with Crippen LogP contribution in [0.2, 0.25) is 5.02 Å². The van der Waals surface area contributed by atoms with Crippen LogP contribution in [-0.2, 0) is 16.1 Å². The van der Waals surface area contributed by atoms with Crippen molar-refractivity contribution in [3.8, 4) is 5.75 Å². The smallest absolute Gasteiger partial charge is 0.406 e. The summed E-state index contributed by atoms with van der Waals surface area (Å²) in [6.45, 7) is 2.58. The predicted molar refractivity (Wildman–Crippen MR) is 131 cm³/mol. The lowest BCUT2D eigenvalue weighted by Gasteiger charge is -2.59. The van der Waals surface area contributed by atoms with Crippen molar-refractivity contribution in [1.29, 1.82) is 0 Å². The van der Waals surface area contributed by atoms with Gasteiger partial charge in [-0.2, -0.15) is 0 Å². The molecule has 3 bridgehead atoms. The molecule has 202 valence electrons. The maximum atomic E-state index is 12.9. The molecule has 5 unspecified atom stereocenters. The van der Waals surface area contributed by atoms with E-state index in [2.05, 4.69) is 15.0 Å². The zero-order chi connectivity index (χ0) is 26.0. The van der Waals surface area contributed by atoms with E-state index in [1.165, 1.54) is 44.6 Å². The van der Waals surface area contributed by atoms with Gasteiger partial charge in [-0.3, -0.25) is 14.5 Å². The van der Waals surface area contributed by atoms with Gasteiger partial charge in [-0.05, 0) is 90.9 Å². The van der Waals surface area contributed by atoms with Crippen molar-refractivity contribution in [2.45, 2.75) is 57.9 Å². The molecule has 37 heavy (non-hydrogen) atoms. The van der Waals surface area contributed by atoms with Crippen molar-refractivity contribution in [3.05, 3.63) is 28.8 Å². The first-order valence-electron chi connectivity index (χ1n) is 13.3. The van der Waals surface area contributed by atoms with Crippen LogP contribution in [0, 0.1) is 28.6 Å². The van der Waals surface area contributed by atoms with Gasteiger partial charge in [-0.25, -0.2) is 0 Å². The fourth-order valence-corrected chi connectivity index (χ4v) is 9.12. The third-order valence-electron chi connectivity index (χ3n) is 9.98. The molecule has 1 spiro atoms. The lowest BCUT2D eigenvalue weighted by molar-refractivity contribution is -0.274. The fraction of sp³-hybridized carbons (Fsp3) is 0.704. The average molecular weight is 540 g/mol. The highest BCUT2D eigenvalue weighted by Gasteiger charge is 2.74. The van der Waals surface area contributed by atoms with E-state index in [1.54, 1.807) is 11.0 Å². The minimum Gasteiger partial charge on any atom is -0.406 e. The number of halogens is 4. The summed E-state index contributed by atoms with van der Waals surface area (Å²) in [6, 6.07) is 4.08. The maximum absolute atomic E-state index is 12.9. The first kappa shape index (κ1) is 25.3. The fourth-order valence-electron chi connectivity index (χ4n) is 8.87. The molecule has 5 fully saturated rings. The highest BCUT2D eigenvalue weighted by Crippen LogP contribution is 2.82. The summed E-state index contributed by atoms with van der Waals surface area (Å²) in [5, 5.41) is 3.08.